The number of hydrogen-bond acceptors (Lipinski definition) is 2. The fraction of sp³-hybridized carbons (Fsp3) is 0.429. The summed E-state index contributed by atoms with van der Waals surface area (Å²) in [5.74, 6) is 0. The SMILES string of the molecule is CNCC(c1ccccc1)N1CC=CCC1. The van der Waals surface area contributed by atoms with Gasteiger partial charge in [0.2, 0.25) is 0 Å². The zero-order valence-corrected chi connectivity index (χ0v) is 9.89. The van der Waals surface area contributed by atoms with Crippen molar-refractivity contribution < 1.29 is 0 Å². The van der Waals surface area contributed by atoms with Gasteiger partial charge in [-0.05, 0) is 19.0 Å². The predicted octanol–water partition coefficient (Wildman–Crippen LogP) is 2.21. The van der Waals surface area contributed by atoms with Gasteiger partial charge in [0.25, 0.3) is 0 Å². The average Bonchev–Trinajstić information content (AvgIpc) is 2.38. The Bertz CT molecular complexity index is 332. The molecule has 2 heteroatoms. The van der Waals surface area contributed by atoms with Crippen molar-refractivity contribution in [1.82, 2.24) is 10.2 Å². The minimum atomic E-state index is 0.496. The normalized spacial score (nSPS) is 18.6. The fourth-order valence-corrected chi connectivity index (χ4v) is 2.27. The number of nitrogens with zero attached hydrogens (tertiary/aromatic N) is 1. The molecule has 16 heavy (non-hydrogen) atoms. The topological polar surface area (TPSA) is 15.3 Å². The third-order valence-corrected chi connectivity index (χ3v) is 3.11. The molecule has 1 atom stereocenters. The molecule has 0 radical (unpaired) electrons. The number of hydrogen-bond donors (Lipinski definition) is 1. The second-order valence-electron chi connectivity index (χ2n) is 4.24. The molecule has 1 heterocycles. The molecule has 1 unspecified atom stereocenters. The van der Waals surface area contributed by atoms with Crippen LogP contribution in [0.3, 0.4) is 0 Å². The van der Waals surface area contributed by atoms with Gasteiger partial charge in [-0.15, -0.1) is 0 Å². The Hall–Kier alpha value is -1.12. The lowest BCUT2D eigenvalue weighted by atomic mass is 10.0. The van der Waals surface area contributed by atoms with Crippen LogP contribution in [0.25, 0.3) is 0 Å². The molecule has 1 N–H and O–H groups in total. The van der Waals surface area contributed by atoms with Crippen LogP contribution in [0, 0.1) is 0 Å². The summed E-state index contributed by atoms with van der Waals surface area (Å²) in [5.41, 5.74) is 1.41. The predicted molar refractivity (Wildman–Crippen MR) is 68.4 cm³/mol. The molecule has 0 saturated carbocycles. The summed E-state index contributed by atoms with van der Waals surface area (Å²) >= 11 is 0. The minimum Gasteiger partial charge on any atom is -0.318 e. The number of nitrogens with one attached hydrogen (secondary N) is 1. The standard InChI is InChI=1S/C14H20N2/c1-15-12-14(13-8-4-2-5-9-13)16-10-6-3-7-11-16/h2-6,8-9,14-15H,7,10-12H2,1H3. The molecule has 1 aliphatic heterocycles. The van der Waals surface area contributed by atoms with Crippen LogP contribution in [0.15, 0.2) is 42.5 Å². The van der Waals surface area contributed by atoms with Crippen molar-refractivity contribution in [2.75, 3.05) is 26.7 Å². The Balaban J connectivity index is 2.13. The Morgan fingerprint density at radius 1 is 1.25 bits per heavy atom. The maximum atomic E-state index is 3.30. The zero-order chi connectivity index (χ0) is 11.2. The lowest BCUT2D eigenvalue weighted by Gasteiger charge is -2.32. The second-order valence-corrected chi connectivity index (χ2v) is 4.24. The Morgan fingerprint density at radius 2 is 2.06 bits per heavy atom. The van der Waals surface area contributed by atoms with Crippen LogP contribution in [0.2, 0.25) is 0 Å². The average molecular weight is 216 g/mol. The summed E-state index contributed by atoms with van der Waals surface area (Å²) in [4.78, 5) is 2.53. The third kappa shape index (κ3) is 2.71. The fourth-order valence-electron chi connectivity index (χ4n) is 2.27. The lowest BCUT2D eigenvalue weighted by molar-refractivity contribution is 0.213. The maximum Gasteiger partial charge on any atom is 0.0475 e. The maximum absolute atomic E-state index is 3.30. The van der Waals surface area contributed by atoms with Crippen molar-refractivity contribution in [1.29, 1.82) is 0 Å². The number of rotatable bonds is 4. The first-order valence-electron chi connectivity index (χ1n) is 6.00. The van der Waals surface area contributed by atoms with Gasteiger partial charge in [-0.2, -0.15) is 0 Å². The van der Waals surface area contributed by atoms with E-state index in [0.29, 0.717) is 6.04 Å². The van der Waals surface area contributed by atoms with Gasteiger partial charge in [0.1, 0.15) is 0 Å². The molecule has 1 aromatic rings. The van der Waals surface area contributed by atoms with Gasteiger partial charge >= 0.3 is 0 Å². The van der Waals surface area contributed by atoms with Crippen LogP contribution in [0.1, 0.15) is 18.0 Å². The molecular formula is C14H20N2. The van der Waals surface area contributed by atoms with E-state index < -0.39 is 0 Å². The van der Waals surface area contributed by atoms with Gasteiger partial charge in [-0.25, -0.2) is 0 Å². The molecule has 1 aliphatic rings. The van der Waals surface area contributed by atoms with E-state index in [-0.39, 0.29) is 0 Å². The number of benzene rings is 1. The zero-order valence-electron chi connectivity index (χ0n) is 9.89. The second kappa shape index (κ2) is 5.83. The van der Waals surface area contributed by atoms with Crippen LogP contribution < -0.4 is 5.32 Å². The van der Waals surface area contributed by atoms with Crippen LogP contribution in [0.4, 0.5) is 0 Å². The van der Waals surface area contributed by atoms with Crippen molar-refractivity contribution in [3.63, 3.8) is 0 Å². The highest BCUT2D eigenvalue weighted by atomic mass is 15.2. The first-order chi connectivity index (χ1) is 7.92. The largest absolute Gasteiger partial charge is 0.318 e. The molecule has 0 fully saturated rings. The molecule has 0 aliphatic carbocycles. The molecule has 2 nitrogen and oxygen atoms in total. The van der Waals surface area contributed by atoms with Crippen LogP contribution in [-0.2, 0) is 0 Å². The highest BCUT2D eigenvalue weighted by molar-refractivity contribution is 5.20. The monoisotopic (exact) mass is 216 g/mol. The number of likely N-dealkylation sites (N-methyl/N-ethyl adjacent to an activating group) is 1. The highest BCUT2D eigenvalue weighted by Gasteiger charge is 2.19. The van der Waals surface area contributed by atoms with Gasteiger partial charge in [0.05, 0.1) is 0 Å². The van der Waals surface area contributed by atoms with E-state index in [9.17, 15) is 0 Å². The Labute approximate surface area is 98.0 Å². The molecule has 0 aromatic heterocycles. The summed E-state index contributed by atoms with van der Waals surface area (Å²) in [6.45, 7) is 3.25. The van der Waals surface area contributed by atoms with E-state index in [4.69, 9.17) is 0 Å². The van der Waals surface area contributed by atoms with E-state index in [2.05, 4.69) is 52.7 Å². The van der Waals surface area contributed by atoms with Crippen LogP contribution >= 0.6 is 0 Å². The summed E-state index contributed by atoms with van der Waals surface area (Å²) in [7, 11) is 2.02. The molecule has 86 valence electrons. The molecule has 2 rings (SSSR count). The smallest absolute Gasteiger partial charge is 0.0475 e. The van der Waals surface area contributed by atoms with Gasteiger partial charge in [-0.1, -0.05) is 42.5 Å². The van der Waals surface area contributed by atoms with Gasteiger partial charge in [0, 0.05) is 25.7 Å². The summed E-state index contributed by atoms with van der Waals surface area (Å²) in [6.07, 6.45) is 5.72. The van der Waals surface area contributed by atoms with Crippen molar-refractivity contribution in [3.8, 4) is 0 Å². The molecule has 0 spiro atoms. The van der Waals surface area contributed by atoms with Gasteiger partial charge < -0.3 is 5.32 Å². The molecular weight excluding hydrogens is 196 g/mol. The third-order valence-electron chi connectivity index (χ3n) is 3.11. The van der Waals surface area contributed by atoms with E-state index in [1.54, 1.807) is 0 Å². The van der Waals surface area contributed by atoms with Crippen LogP contribution in [-0.4, -0.2) is 31.6 Å². The van der Waals surface area contributed by atoms with Crippen LogP contribution in [0.5, 0.6) is 0 Å². The summed E-state index contributed by atoms with van der Waals surface area (Å²) < 4.78 is 0. The van der Waals surface area contributed by atoms with Gasteiger partial charge in [0.15, 0.2) is 0 Å². The van der Waals surface area contributed by atoms with Crippen molar-refractivity contribution in [3.05, 3.63) is 48.0 Å². The Kier molecular flexibility index (Phi) is 4.14. The first-order valence-corrected chi connectivity index (χ1v) is 6.00. The quantitative estimate of drug-likeness (QED) is 0.776. The molecule has 0 bridgehead atoms. The molecule has 0 saturated heterocycles. The van der Waals surface area contributed by atoms with Crippen molar-refractivity contribution in [2.45, 2.75) is 12.5 Å². The van der Waals surface area contributed by atoms with E-state index >= 15 is 0 Å². The first kappa shape index (κ1) is 11.4. The van der Waals surface area contributed by atoms with E-state index in [1.165, 1.54) is 12.0 Å². The van der Waals surface area contributed by atoms with Gasteiger partial charge in [-0.3, -0.25) is 4.90 Å². The molecule has 0 amide bonds. The highest BCUT2D eigenvalue weighted by Crippen LogP contribution is 2.21. The van der Waals surface area contributed by atoms with E-state index in [0.717, 1.165) is 19.6 Å². The lowest BCUT2D eigenvalue weighted by Crippen LogP contribution is -2.36. The minimum absolute atomic E-state index is 0.496. The van der Waals surface area contributed by atoms with Crippen molar-refractivity contribution in [2.24, 2.45) is 0 Å². The Morgan fingerprint density at radius 3 is 2.69 bits per heavy atom. The molecule has 1 aromatic carbocycles. The van der Waals surface area contributed by atoms with Crippen molar-refractivity contribution >= 4 is 0 Å². The van der Waals surface area contributed by atoms with E-state index in [1.807, 2.05) is 7.05 Å². The summed E-state index contributed by atoms with van der Waals surface area (Å²) in [5, 5.41) is 3.30. The summed E-state index contributed by atoms with van der Waals surface area (Å²) in [6, 6.07) is 11.3.